The highest BCUT2D eigenvalue weighted by atomic mass is 32.2. The summed E-state index contributed by atoms with van der Waals surface area (Å²) in [5.41, 5.74) is 1.05. The smallest absolute Gasteiger partial charge is 0.338 e. The number of aromatic carboxylic acids is 1. The molecule has 0 aliphatic rings. The van der Waals surface area contributed by atoms with Gasteiger partial charge in [0.25, 0.3) is 0 Å². The average Bonchev–Trinajstić information content (AvgIpc) is 2.17. The van der Waals surface area contributed by atoms with Crippen LogP contribution in [0.25, 0.3) is 0 Å². The van der Waals surface area contributed by atoms with Gasteiger partial charge in [0.2, 0.25) is 0 Å². The SMILES string of the molecule is CCNc1cccc(SC)c1C(=O)O. The third-order valence-corrected chi connectivity index (χ3v) is 2.61. The van der Waals surface area contributed by atoms with E-state index in [1.807, 2.05) is 25.3 Å². The molecule has 4 heteroatoms. The van der Waals surface area contributed by atoms with Crippen molar-refractivity contribution in [2.45, 2.75) is 11.8 Å². The van der Waals surface area contributed by atoms with Crippen molar-refractivity contribution < 1.29 is 9.90 Å². The van der Waals surface area contributed by atoms with Gasteiger partial charge < -0.3 is 10.4 Å². The second-order valence-electron chi connectivity index (χ2n) is 2.72. The lowest BCUT2D eigenvalue weighted by Gasteiger charge is -2.10. The molecule has 0 atom stereocenters. The molecule has 1 rings (SSSR count). The molecule has 3 nitrogen and oxygen atoms in total. The maximum atomic E-state index is 11.0. The third-order valence-electron chi connectivity index (χ3n) is 1.83. The highest BCUT2D eigenvalue weighted by Gasteiger charge is 2.13. The predicted octanol–water partition coefficient (Wildman–Crippen LogP) is 2.54. The Morgan fingerprint density at radius 1 is 1.57 bits per heavy atom. The van der Waals surface area contributed by atoms with E-state index >= 15 is 0 Å². The van der Waals surface area contributed by atoms with E-state index in [4.69, 9.17) is 5.11 Å². The van der Waals surface area contributed by atoms with Gasteiger partial charge in [0, 0.05) is 17.1 Å². The number of thioether (sulfide) groups is 1. The number of rotatable bonds is 4. The molecule has 0 saturated heterocycles. The molecule has 0 bridgehead atoms. The molecule has 0 saturated carbocycles. The van der Waals surface area contributed by atoms with E-state index < -0.39 is 5.97 Å². The minimum absolute atomic E-state index is 0.363. The molecular weight excluding hydrogens is 198 g/mol. The first kappa shape index (κ1) is 10.9. The Bertz CT molecular complexity index is 339. The molecule has 14 heavy (non-hydrogen) atoms. The van der Waals surface area contributed by atoms with Crippen LogP contribution in [0, 0.1) is 0 Å². The fourth-order valence-corrected chi connectivity index (χ4v) is 1.88. The largest absolute Gasteiger partial charge is 0.478 e. The number of anilines is 1. The molecule has 0 heterocycles. The van der Waals surface area contributed by atoms with E-state index in [0.717, 1.165) is 11.4 Å². The number of hydrogen-bond acceptors (Lipinski definition) is 3. The van der Waals surface area contributed by atoms with Crippen molar-refractivity contribution in [3.63, 3.8) is 0 Å². The Labute approximate surface area is 87.5 Å². The molecule has 1 aromatic carbocycles. The highest BCUT2D eigenvalue weighted by molar-refractivity contribution is 7.98. The molecule has 1 aromatic rings. The summed E-state index contributed by atoms with van der Waals surface area (Å²) in [6.45, 7) is 2.66. The number of hydrogen-bond donors (Lipinski definition) is 2. The Morgan fingerprint density at radius 2 is 2.29 bits per heavy atom. The zero-order valence-electron chi connectivity index (χ0n) is 8.20. The van der Waals surface area contributed by atoms with Crippen molar-refractivity contribution in [1.29, 1.82) is 0 Å². The van der Waals surface area contributed by atoms with E-state index in [-0.39, 0.29) is 0 Å². The summed E-state index contributed by atoms with van der Waals surface area (Å²) in [5.74, 6) is -0.883. The molecule has 0 aliphatic carbocycles. The van der Waals surface area contributed by atoms with E-state index in [2.05, 4.69) is 5.32 Å². The molecule has 2 N–H and O–H groups in total. The van der Waals surface area contributed by atoms with Crippen LogP contribution in [-0.4, -0.2) is 23.9 Å². The van der Waals surface area contributed by atoms with Crippen molar-refractivity contribution in [3.05, 3.63) is 23.8 Å². The zero-order chi connectivity index (χ0) is 10.6. The van der Waals surface area contributed by atoms with Gasteiger partial charge in [0.05, 0.1) is 5.56 Å². The normalized spacial score (nSPS) is 9.86. The van der Waals surface area contributed by atoms with Crippen LogP contribution in [0.5, 0.6) is 0 Å². The Morgan fingerprint density at radius 3 is 2.79 bits per heavy atom. The maximum Gasteiger partial charge on any atom is 0.338 e. The van der Waals surface area contributed by atoms with Crippen LogP contribution in [0.1, 0.15) is 17.3 Å². The minimum atomic E-state index is -0.883. The first-order chi connectivity index (χ1) is 6.70. The Balaban J connectivity index is 3.20. The summed E-state index contributed by atoms with van der Waals surface area (Å²) in [4.78, 5) is 11.8. The second kappa shape index (κ2) is 4.91. The van der Waals surface area contributed by atoms with E-state index in [1.54, 1.807) is 6.07 Å². The van der Waals surface area contributed by atoms with Gasteiger partial charge in [0.15, 0.2) is 0 Å². The molecular formula is C10H13NO2S. The number of benzene rings is 1. The predicted molar refractivity (Wildman–Crippen MR) is 59.3 cm³/mol. The summed E-state index contributed by atoms with van der Waals surface area (Å²) in [6.07, 6.45) is 1.87. The quantitative estimate of drug-likeness (QED) is 0.751. The molecule has 76 valence electrons. The molecule has 0 radical (unpaired) electrons. The fraction of sp³-hybridized carbons (Fsp3) is 0.300. The third kappa shape index (κ3) is 2.20. The van der Waals surface area contributed by atoms with Crippen molar-refractivity contribution in [2.75, 3.05) is 18.1 Å². The van der Waals surface area contributed by atoms with Crippen LogP contribution < -0.4 is 5.32 Å². The lowest BCUT2D eigenvalue weighted by Crippen LogP contribution is -2.06. The lowest BCUT2D eigenvalue weighted by atomic mass is 10.2. The summed E-state index contributed by atoms with van der Waals surface area (Å²) in [6, 6.07) is 5.46. The van der Waals surface area contributed by atoms with Crippen molar-refractivity contribution in [2.24, 2.45) is 0 Å². The van der Waals surface area contributed by atoms with E-state index in [9.17, 15) is 4.79 Å². The number of carboxylic acid groups (broad SMARTS) is 1. The van der Waals surface area contributed by atoms with Crippen LogP contribution in [0.4, 0.5) is 5.69 Å². The molecule has 0 fully saturated rings. The van der Waals surface area contributed by atoms with Gasteiger partial charge in [-0.1, -0.05) is 6.07 Å². The van der Waals surface area contributed by atoms with Crippen molar-refractivity contribution in [1.82, 2.24) is 0 Å². The first-order valence-electron chi connectivity index (χ1n) is 4.34. The standard InChI is InChI=1S/C10H13NO2S/c1-3-11-7-5-4-6-8(14-2)9(7)10(12)13/h4-6,11H,3H2,1-2H3,(H,12,13). The van der Waals surface area contributed by atoms with E-state index in [1.165, 1.54) is 11.8 Å². The highest BCUT2D eigenvalue weighted by Crippen LogP contribution is 2.26. The zero-order valence-corrected chi connectivity index (χ0v) is 9.02. The van der Waals surface area contributed by atoms with Crippen LogP contribution in [0.15, 0.2) is 23.1 Å². The molecule has 0 unspecified atom stereocenters. The van der Waals surface area contributed by atoms with Gasteiger partial charge in [-0.3, -0.25) is 0 Å². The minimum Gasteiger partial charge on any atom is -0.478 e. The van der Waals surface area contributed by atoms with Crippen LogP contribution in [0.3, 0.4) is 0 Å². The van der Waals surface area contributed by atoms with Crippen LogP contribution in [-0.2, 0) is 0 Å². The summed E-state index contributed by atoms with van der Waals surface area (Å²) >= 11 is 1.44. The molecule has 0 aromatic heterocycles. The van der Waals surface area contributed by atoms with Gasteiger partial charge in [0.1, 0.15) is 0 Å². The Kier molecular flexibility index (Phi) is 3.83. The Hall–Kier alpha value is -1.16. The topological polar surface area (TPSA) is 49.3 Å². The number of carbonyl (C=O) groups is 1. The van der Waals surface area contributed by atoms with Crippen molar-refractivity contribution >= 4 is 23.4 Å². The molecule has 0 spiro atoms. The summed E-state index contributed by atoms with van der Waals surface area (Å²) in [5, 5.41) is 12.1. The van der Waals surface area contributed by atoms with Gasteiger partial charge >= 0.3 is 5.97 Å². The van der Waals surface area contributed by atoms with Crippen LogP contribution >= 0.6 is 11.8 Å². The maximum absolute atomic E-state index is 11.0. The van der Waals surface area contributed by atoms with Gasteiger partial charge in [-0.25, -0.2) is 4.79 Å². The average molecular weight is 211 g/mol. The lowest BCUT2D eigenvalue weighted by molar-refractivity contribution is 0.0694. The summed E-state index contributed by atoms with van der Waals surface area (Å²) < 4.78 is 0. The van der Waals surface area contributed by atoms with Crippen molar-refractivity contribution in [3.8, 4) is 0 Å². The number of nitrogens with one attached hydrogen (secondary N) is 1. The number of carboxylic acids is 1. The monoisotopic (exact) mass is 211 g/mol. The van der Waals surface area contributed by atoms with Gasteiger partial charge in [-0.2, -0.15) is 0 Å². The first-order valence-corrected chi connectivity index (χ1v) is 5.57. The summed E-state index contributed by atoms with van der Waals surface area (Å²) in [7, 11) is 0. The second-order valence-corrected chi connectivity index (χ2v) is 3.57. The van der Waals surface area contributed by atoms with E-state index in [0.29, 0.717) is 11.3 Å². The fourth-order valence-electron chi connectivity index (χ4n) is 1.26. The van der Waals surface area contributed by atoms with Gasteiger partial charge in [-0.05, 0) is 25.3 Å². The molecule has 0 amide bonds. The van der Waals surface area contributed by atoms with Gasteiger partial charge in [-0.15, -0.1) is 11.8 Å². The van der Waals surface area contributed by atoms with Crippen LogP contribution in [0.2, 0.25) is 0 Å². The molecule has 0 aliphatic heterocycles.